The first-order valence-electron chi connectivity index (χ1n) is 9.69. The number of urea groups is 1. The summed E-state index contributed by atoms with van der Waals surface area (Å²) in [5, 5.41) is 0. The molecule has 0 unspecified atom stereocenters. The Labute approximate surface area is 178 Å². The standard InChI is InChI=1S/C20H29N5O3.ClH/c1-22-18(15-19(26)23(2)20(22)27)21-9-6-10-24-11-13-25(14-12-24)16-7-4-5-8-17(16)28-3;/h4-5,7-8H,6,9-15H2,1-3H3;1H/p-1. The fourth-order valence-electron chi connectivity index (χ4n) is 3.58. The van der Waals surface area contributed by atoms with Crippen molar-refractivity contribution in [1.29, 1.82) is 0 Å². The van der Waals surface area contributed by atoms with E-state index < -0.39 is 0 Å². The second kappa shape index (κ2) is 10.5. The number of methoxy groups -OCH3 is 1. The molecule has 0 N–H and O–H groups in total. The van der Waals surface area contributed by atoms with E-state index in [2.05, 4.69) is 20.9 Å². The Morgan fingerprint density at radius 2 is 1.72 bits per heavy atom. The molecule has 8 nitrogen and oxygen atoms in total. The lowest BCUT2D eigenvalue weighted by atomic mass is 10.2. The summed E-state index contributed by atoms with van der Waals surface area (Å²) in [6.45, 7) is 5.51. The van der Waals surface area contributed by atoms with Crippen molar-refractivity contribution in [3.05, 3.63) is 24.3 Å². The highest BCUT2D eigenvalue weighted by Crippen LogP contribution is 2.28. The first-order valence-corrected chi connectivity index (χ1v) is 9.69. The summed E-state index contributed by atoms with van der Waals surface area (Å²) in [6.07, 6.45) is 1.10. The molecule has 9 heteroatoms. The van der Waals surface area contributed by atoms with Crippen molar-refractivity contribution < 1.29 is 26.7 Å². The number of amides is 3. The van der Waals surface area contributed by atoms with Gasteiger partial charge in [0, 0.05) is 53.4 Å². The molecule has 0 atom stereocenters. The van der Waals surface area contributed by atoms with Crippen LogP contribution < -0.4 is 22.0 Å². The number of nitrogens with zero attached hydrogens (tertiary/aromatic N) is 5. The molecule has 0 aromatic heterocycles. The zero-order chi connectivity index (χ0) is 20.1. The number of imide groups is 1. The van der Waals surface area contributed by atoms with E-state index in [-0.39, 0.29) is 30.8 Å². The lowest BCUT2D eigenvalue weighted by Gasteiger charge is -2.36. The molecule has 3 rings (SSSR count). The number of hydrogen-bond acceptors (Lipinski definition) is 6. The van der Waals surface area contributed by atoms with E-state index in [9.17, 15) is 9.59 Å². The number of ether oxygens (including phenoxy) is 1. The molecule has 2 aliphatic heterocycles. The molecule has 1 aromatic carbocycles. The Morgan fingerprint density at radius 3 is 2.41 bits per heavy atom. The molecule has 0 bridgehead atoms. The quantitative estimate of drug-likeness (QED) is 0.523. The average Bonchev–Trinajstić information content (AvgIpc) is 2.73. The molecule has 2 saturated heterocycles. The van der Waals surface area contributed by atoms with E-state index in [1.54, 1.807) is 14.2 Å². The van der Waals surface area contributed by atoms with Gasteiger partial charge in [0.2, 0.25) is 5.91 Å². The number of para-hydroxylation sites is 2. The number of rotatable bonds is 6. The number of anilines is 1. The zero-order valence-electron chi connectivity index (χ0n) is 17.3. The first-order chi connectivity index (χ1) is 13.5. The normalized spacial score (nSPS) is 19.6. The molecule has 2 heterocycles. The van der Waals surface area contributed by atoms with Crippen molar-refractivity contribution in [1.82, 2.24) is 14.7 Å². The van der Waals surface area contributed by atoms with Crippen LogP contribution in [0.15, 0.2) is 29.3 Å². The number of carbonyl (C=O) groups is 2. The van der Waals surface area contributed by atoms with Crippen LogP contribution in [-0.2, 0) is 4.79 Å². The predicted molar refractivity (Wildman–Crippen MR) is 109 cm³/mol. The highest BCUT2D eigenvalue weighted by Gasteiger charge is 2.31. The highest BCUT2D eigenvalue weighted by atomic mass is 35.5. The Bertz CT molecular complexity index is 749. The molecule has 2 fully saturated rings. The molecular weight excluding hydrogens is 394 g/mol. The molecule has 0 spiro atoms. The van der Waals surface area contributed by atoms with E-state index in [0.29, 0.717) is 12.4 Å². The number of benzene rings is 1. The summed E-state index contributed by atoms with van der Waals surface area (Å²) in [5.41, 5.74) is 1.15. The monoisotopic (exact) mass is 422 g/mol. The molecule has 0 aliphatic carbocycles. The van der Waals surface area contributed by atoms with Crippen LogP contribution in [0, 0.1) is 0 Å². The number of piperazine rings is 1. The van der Waals surface area contributed by atoms with Gasteiger partial charge in [0.05, 0.1) is 19.2 Å². The number of hydrogen-bond donors (Lipinski definition) is 0. The number of carbonyl (C=O) groups excluding carboxylic acids is 2. The van der Waals surface area contributed by atoms with Gasteiger partial charge in [-0.1, -0.05) is 12.1 Å². The highest BCUT2D eigenvalue weighted by molar-refractivity contribution is 6.15. The fourth-order valence-corrected chi connectivity index (χ4v) is 3.58. The van der Waals surface area contributed by atoms with Crippen molar-refractivity contribution in [2.75, 3.05) is 65.4 Å². The van der Waals surface area contributed by atoms with Crippen LogP contribution in [0.1, 0.15) is 12.8 Å². The van der Waals surface area contributed by atoms with Gasteiger partial charge in [-0.2, -0.15) is 0 Å². The Balaban J connectivity index is 0.00000300. The van der Waals surface area contributed by atoms with Crippen LogP contribution in [0.25, 0.3) is 0 Å². The smallest absolute Gasteiger partial charge is 0.331 e. The minimum atomic E-state index is -0.317. The molecular formula is C20H29ClN5O3-. The summed E-state index contributed by atoms with van der Waals surface area (Å²) in [7, 11) is 4.88. The second-order valence-electron chi connectivity index (χ2n) is 7.12. The third-order valence-corrected chi connectivity index (χ3v) is 5.37. The number of aliphatic imine (C=N–C) groups is 1. The summed E-state index contributed by atoms with van der Waals surface area (Å²) >= 11 is 0. The van der Waals surface area contributed by atoms with Gasteiger partial charge in [-0.3, -0.25) is 24.5 Å². The predicted octanol–water partition coefficient (Wildman–Crippen LogP) is -1.48. The molecule has 29 heavy (non-hydrogen) atoms. The van der Waals surface area contributed by atoms with Gasteiger partial charge in [0.25, 0.3) is 0 Å². The van der Waals surface area contributed by atoms with Crippen molar-refractivity contribution >= 4 is 23.5 Å². The van der Waals surface area contributed by atoms with E-state index in [1.807, 2.05) is 18.2 Å². The summed E-state index contributed by atoms with van der Waals surface area (Å²) in [6, 6.07) is 7.81. The van der Waals surface area contributed by atoms with Crippen molar-refractivity contribution in [2.45, 2.75) is 12.8 Å². The summed E-state index contributed by atoms with van der Waals surface area (Å²) in [4.78, 5) is 35.6. The van der Waals surface area contributed by atoms with Crippen LogP contribution in [0.3, 0.4) is 0 Å². The van der Waals surface area contributed by atoms with E-state index in [4.69, 9.17) is 4.74 Å². The molecule has 3 amide bonds. The number of amidine groups is 1. The molecule has 0 saturated carbocycles. The Hall–Kier alpha value is -2.32. The fraction of sp³-hybridized carbons (Fsp3) is 0.550. The number of halogens is 1. The Morgan fingerprint density at radius 1 is 1.03 bits per heavy atom. The third kappa shape index (κ3) is 5.39. The van der Waals surface area contributed by atoms with Crippen molar-refractivity contribution in [3.63, 3.8) is 0 Å². The largest absolute Gasteiger partial charge is 1.00 e. The van der Waals surface area contributed by atoms with Gasteiger partial charge in [0.15, 0.2) is 0 Å². The van der Waals surface area contributed by atoms with Crippen molar-refractivity contribution in [2.24, 2.45) is 4.99 Å². The SMILES string of the molecule is COc1ccccc1N1CCN(CCCN=C2CC(=O)N(C)C(=O)N2C)CC1.[Cl-]. The lowest BCUT2D eigenvalue weighted by Crippen LogP contribution is -3.00. The maximum absolute atomic E-state index is 11.9. The summed E-state index contributed by atoms with van der Waals surface area (Å²) in [5.74, 6) is 1.28. The second-order valence-corrected chi connectivity index (χ2v) is 7.12. The van der Waals surface area contributed by atoms with E-state index >= 15 is 0 Å². The van der Waals surface area contributed by atoms with Crippen LogP contribution in [0.2, 0.25) is 0 Å². The van der Waals surface area contributed by atoms with Gasteiger partial charge >= 0.3 is 6.03 Å². The van der Waals surface area contributed by atoms with E-state index in [0.717, 1.165) is 55.5 Å². The Kier molecular flexibility index (Phi) is 8.28. The first kappa shape index (κ1) is 23.0. The lowest BCUT2D eigenvalue weighted by molar-refractivity contribution is -0.127. The van der Waals surface area contributed by atoms with Crippen LogP contribution in [0.5, 0.6) is 5.75 Å². The average molecular weight is 423 g/mol. The van der Waals surface area contributed by atoms with Gasteiger partial charge < -0.3 is 22.0 Å². The molecule has 0 radical (unpaired) electrons. The molecule has 2 aliphatic rings. The maximum Gasteiger partial charge on any atom is 0.331 e. The van der Waals surface area contributed by atoms with Gasteiger partial charge in [-0.15, -0.1) is 0 Å². The molecule has 1 aromatic rings. The van der Waals surface area contributed by atoms with Crippen molar-refractivity contribution in [3.8, 4) is 5.75 Å². The minimum absolute atomic E-state index is 0. The van der Waals surface area contributed by atoms with Gasteiger partial charge in [0.1, 0.15) is 11.6 Å². The third-order valence-electron chi connectivity index (χ3n) is 5.37. The topological polar surface area (TPSA) is 68.7 Å². The van der Waals surface area contributed by atoms with Crippen LogP contribution in [0.4, 0.5) is 10.5 Å². The minimum Gasteiger partial charge on any atom is -1.00 e. The maximum atomic E-state index is 11.9. The van der Waals surface area contributed by atoms with Crippen LogP contribution >= 0.6 is 0 Å². The van der Waals surface area contributed by atoms with E-state index in [1.165, 1.54) is 11.9 Å². The van der Waals surface area contributed by atoms with Gasteiger partial charge in [-0.25, -0.2) is 4.79 Å². The zero-order valence-corrected chi connectivity index (χ0v) is 18.1. The summed E-state index contributed by atoms with van der Waals surface area (Å²) < 4.78 is 5.47. The van der Waals surface area contributed by atoms with Gasteiger partial charge in [-0.05, 0) is 18.6 Å². The van der Waals surface area contributed by atoms with Crippen LogP contribution in [-0.4, -0.2) is 92.9 Å². The molecule has 160 valence electrons.